The predicted molar refractivity (Wildman–Crippen MR) is 138 cm³/mol. The largest absolute Gasteiger partial charge is 0.490 e. The number of nitrogens with one attached hydrogen (secondary N) is 1. The molecule has 0 radical (unpaired) electrons. The number of aromatic amines is 1. The highest BCUT2D eigenvalue weighted by Gasteiger charge is 2.47. The van der Waals surface area contributed by atoms with Crippen molar-refractivity contribution in [2.24, 2.45) is 0 Å². The third kappa shape index (κ3) is 8.43. The Morgan fingerprint density at radius 3 is 2.07 bits per heavy atom. The van der Waals surface area contributed by atoms with E-state index in [0.29, 0.717) is 4.57 Å². The van der Waals surface area contributed by atoms with Crippen molar-refractivity contribution in [1.82, 2.24) is 19.1 Å². The monoisotopic (exact) mass is 693 g/mol. The molecule has 9 N–H and O–H groups in total. The molecule has 0 aliphatic carbocycles. The van der Waals surface area contributed by atoms with Crippen LogP contribution in [0, 0.1) is 0 Å². The van der Waals surface area contributed by atoms with E-state index >= 15 is 0 Å². The van der Waals surface area contributed by atoms with E-state index in [0.717, 1.165) is 16.8 Å². The number of aromatic nitrogens is 4. The number of rotatable bonds is 12. The zero-order valence-corrected chi connectivity index (χ0v) is 24.5. The van der Waals surface area contributed by atoms with E-state index in [1.807, 2.05) is 4.98 Å². The maximum atomic E-state index is 12.2. The van der Waals surface area contributed by atoms with Crippen LogP contribution in [-0.4, -0.2) is 92.8 Å². The van der Waals surface area contributed by atoms with Crippen LogP contribution in [0.4, 0.5) is 5.82 Å². The van der Waals surface area contributed by atoms with Crippen molar-refractivity contribution in [2.45, 2.75) is 49.4 Å². The molecule has 10 atom stereocenters. The number of nitrogens with two attached hydrogens (primary N) is 1. The first kappa shape index (κ1) is 34.4. The van der Waals surface area contributed by atoms with Gasteiger partial charge in [0.15, 0.2) is 6.23 Å². The molecule has 4 heterocycles. The van der Waals surface area contributed by atoms with Gasteiger partial charge in [-0.1, -0.05) is 0 Å². The summed E-state index contributed by atoms with van der Waals surface area (Å²) in [6.45, 7) is -2.03. The Hall–Kier alpha value is -2.43. The Labute approximate surface area is 243 Å². The van der Waals surface area contributed by atoms with Crippen LogP contribution >= 0.6 is 23.5 Å². The lowest BCUT2D eigenvalue weighted by molar-refractivity contribution is -0.0543. The summed E-state index contributed by atoms with van der Waals surface area (Å²) in [5.74, 6) is -0.0749. The van der Waals surface area contributed by atoms with Crippen molar-refractivity contribution in [2.75, 3.05) is 18.9 Å². The van der Waals surface area contributed by atoms with Gasteiger partial charge in [-0.2, -0.15) is 13.6 Å². The Bertz CT molecular complexity index is 1680. The number of phosphoric ester groups is 2. The molecule has 0 spiro atoms. The van der Waals surface area contributed by atoms with Crippen molar-refractivity contribution in [3.05, 3.63) is 55.8 Å². The van der Waals surface area contributed by atoms with Crippen LogP contribution in [0.3, 0.4) is 0 Å². The number of nitrogen functional groups attached to an aromatic ring is 1. The molecule has 44 heavy (non-hydrogen) atoms. The predicted octanol–water partition coefficient (Wildman–Crippen LogP) is -2.99. The number of aliphatic hydroxyl groups is 3. The minimum absolute atomic E-state index is 0.0749. The van der Waals surface area contributed by atoms with Crippen molar-refractivity contribution in [3.8, 4) is 0 Å². The van der Waals surface area contributed by atoms with E-state index in [4.69, 9.17) is 15.2 Å². The smallest absolute Gasteiger partial charge is 0.390 e. The lowest BCUT2D eigenvalue weighted by atomic mass is 10.1. The van der Waals surface area contributed by atoms with Crippen molar-refractivity contribution in [1.29, 1.82) is 0 Å². The van der Waals surface area contributed by atoms with E-state index in [1.54, 1.807) is 0 Å². The van der Waals surface area contributed by atoms with Gasteiger partial charge in [-0.3, -0.25) is 28.0 Å². The Balaban J connectivity index is 1.29. The maximum absolute atomic E-state index is 12.2. The first-order valence-corrected chi connectivity index (χ1v) is 16.6. The quantitative estimate of drug-likeness (QED) is 0.103. The summed E-state index contributed by atoms with van der Waals surface area (Å²) in [4.78, 5) is 70.0. The fourth-order valence-electron chi connectivity index (χ4n) is 4.06. The Kier molecular flexibility index (Phi) is 10.3. The number of H-pyrrole nitrogens is 1. The number of nitrogens with zero attached hydrogens (tertiary/aromatic N) is 3. The van der Waals surface area contributed by atoms with E-state index in [1.165, 1.54) is 12.3 Å². The van der Waals surface area contributed by atoms with Crippen LogP contribution in [-0.2, 0) is 40.8 Å². The van der Waals surface area contributed by atoms with Gasteiger partial charge in [-0.05, 0) is 6.07 Å². The highest BCUT2D eigenvalue weighted by atomic mass is 31.3. The lowest BCUT2D eigenvalue weighted by Gasteiger charge is -2.21. The molecule has 26 heteroatoms. The van der Waals surface area contributed by atoms with Crippen LogP contribution in [0.2, 0.25) is 0 Å². The molecular weight excluding hydrogens is 667 g/mol. The summed E-state index contributed by atoms with van der Waals surface area (Å²) in [6.07, 6.45) is -8.70. The zero-order chi connectivity index (χ0) is 32.6. The van der Waals surface area contributed by atoms with Crippen molar-refractivity contribution in [3.63, 3.8) is 0 Å². The van der Waals surface area contributed by atoms with Gasteiger partial charge >= 0.3 is 34.8 Å². The van der Waals surface area contributed by atoms with Crippen LogP contribution in [0.5, 0.6) is 0 Å². The molecule has 0 amide bonds. The molecule has 2 saturated heterocycles. The normalized spacial score (nSPS) is 31.3. The van der Waals surface area contributed by atoms with E-state index in [9.17, 15) is 58.1 Å². The molecule has 0 saturated carbocycles. The van der Waals surface area contributed by atoms with E-state index < -0.39 is 96.6 Å². The van der Waals surface area contributed by atoms with Gasteiger partial charge in [-0.15, -0.1) is 0 Å². The van der Waals surface area contributed by atoms with Gasteiger partial charge < -0.3 is 45.2 Å². The molecule has 246 valence electrons. The summed E-state index contributed by atoms with van der Waals surface area (Å²) in [5, 5.41) is 30.5. The fraction of sp³-hybridized carbons (Fsp3) is 0.556. The summed E-state index contributed by atoms with van der Waals surface area (Å²) in [5.41, 5.74) is 2.80. The lowest BCUT2D eigenvalue weighted by Crippen LogP contribution is -2.37. The van der Waals surface area contributed by atoms with Gasteiger partial charge in [0.1, 0.15) is 36.5 Å². The summed E-state index contributed by atoms with van der Waals surface area (Å²) < 4.78 is 65.9. The zero-order valence-electron chi connectivity index (χ0n) is 21.8. The van der Waals surface area contributed by atoms with Crippen LogP contribution in [0.1, 0.15) is 18.9 Å². The molecule has 0 aromatic carbocycles. The molecule has 2 aliphatic rings. The fourth-order valence-corrected chi connectivity index (χ4v) is 7.59. The van der Waals surface area contributed by atoms with E-state index in [2.05, 4.69) is 22.7 Å². The molecule has 0 bridgehead atoms. The van der Waals surface area contributed by atoms with Gasteiger partial charge in [0, 0.05) is 24.9 Å². The molecular formula is C18H26N5O18P3. The third-order valence-electron chi connectivity index (χ3n) is 6.05. The Morgan fingerprint density at radius 1 is 0.886 bits per heavy atom. The first-order valence-electron chi connectivity index (χ1n) is 12.1. The number of ether oxygens (including phenoxy) is 2. The summed E-state index contributed by atoms with van der Waals surface area (Å²) in [7, 11) is -17.1. The van der Waals surface area contributed by atoms with Crippen molar-refractivity contribution >= 4 is 29.3 Å². The molecule has 3 unspecified atom stereocenters. The second-order valence-corrected chi connectivity index (χ2v) is 13.8. The first-order chi connectivity index (χ1) is 20.4. The molecule has 2 aromatic rings. The van der Waals surface area contributed by atoms with Gasteiger partial charge in [0.05, 0.1) is 19.3 Å². The number of hydrogen-bond acceptors (Lipinski definition) is 17. The maximum Gasteiger partial charge on any atom is 0.490 e. The third-order valence-corrected chi connectivity index (χ3v) is 10.3. The minimum Gasteiger partial charge on any atom is -0.390 e. The highest BCUT2D eigenvalue weighted by Crippen LogP contribution is 2.67. The molecule has 4 rings (SSSR count). The van der Waals surface area contributed by atoms with Crippen LogP contribution in [0.25, 0.3) is 0 Å². The second-order valence-electron chi connectivity index (χ2n) is 9.20. The van der Waals surface area contributed by atoms with Gasteiger partial charge in [-0.25, -0.2) is 23.3 Å². The molecule has 23 nitrogen and oxygen atoms in total. The summed E-state index contributed by atoms with van der Waals surface area (Å²) in [6, 6.07) is 2.19. The van der Waals surface area contributed by atoms with Crippen LogP contribution < -0.4 is 22.7 Å². The molecule has 2 fully saturated rings. The van der Waals surface area contributed by atoms with Gasteiger partial charge in [0.25, 0.3) is 5.56 Å². The SMILES string of the molecule is Nc1ccn([C@@H]2C[C@H](O)[C@@H](COP(=O)(O)OP(=O)(O)OP(=O)(O)OC[C@H]3O[C@@H](n4ccc(=O)[nH]c4=O)[C@H](O)[C@@H]3O)O2)c(=O)n1. The molecule has 2 aliphatic heterocycles. The van der Waals surface area contributed by atoms with Crippen LogP contribution in [0.15, 0.2) is 38.9 Å². The standard InChI is InChI=1S/C18H26N5O18P3/c19-11-1-3-22(17(28)20-11)13-5-8(24)9(38-13)6-36-42(30,31)40-44(34,35)41-43(32,33)37-7-10-14(26)15(27)16(39-10)23-4-2-12(25)21-18(23)29/h1-4,8-10,13-16,24,26-27H,5-7H2,(H,30,31)(H,32,33)(H,34,35)(H2,19,20,28)(H,21,25,29)/t8-,9+,10+,13-,14+,15+,16+/m0/s1. The van der Waals surface area contributed by atoms with Gasteiger partial charge in [0.2, 0.25) is 0 Å². The average Bonchev–Trinajstić information content (AvgIpc) is 3.39. The minimum atomic E-state index is -5.92. The van der Waals surface area contributed by atoms with E-state index in [-0.39, 0.29) is 12.2 Å². The highest BCUT2D eigenvalue weighted by molar-refractivity contribution is 7.66. The topological polar surface area (TPSA) is 344 Å². The Morgan fingerprint density at radius 2 is 1.48 bits per heavy atom. The summed E-state index contributed by atoms with van der Waals surface area (Å²) >= 11 is 0. The average molecular weight is 693 g/mol. The number of phosphoric acid groups is 3. The number of anilines is 1. The number of aliphatic hydroxyl groups excluding tert-OH is 3. The molecule has 2 aromatic heterocycles. The van der Waals surface area contributed by atoms with Crippen molar-refractivity contribution < 1.29 is 70.8 Å². The number of hydrogen-bond donors (Lipinski definition) is 8. The second kappa shape index (κ2) is 13.1.